The summed E-state index contributed by atoms with van der Waals surface area (Å²) >= 11 is 0. The maximum absolute atomic E-state index is 5.34. The summed E-state index contributed by atoms with van der Waals surface area (Å²) in [7, 11) is 8.16. The summed E-state index contributed by atoms with van der Waals surface area (Å²) in [5, 5.41) is 6.36. The number of methoxy groups -OCH3 is 4. The van der Waals surface area contributed by atoms with Crippen molar-refractivity contribution in [2.24, 2.45) is 4.99 Å². The number of rotatable bonds is 8. The number of ether oxygens (including phenoxy) is 4. The minimum atomic E-state index is 0. The Morgan fingerprint density at radius 2 is 1.61 bits per heavy atom. The highest BCUT2D eigenvalue weighted by atomic mass is 127. The van der Waals surface area contributed by atoms with Crippen molar-refractivity contribution in [3.05, 3.63) is 17.7 Å². The molecule has 1 aromatic rings. The van der Waals surface area contributed by atoms with Crippen molar-refractivity contribution >= 4 is 29.9 Å². The van der Waals surface area contributed by atoms with Crippen LogP contribution in [0, 0.1) is 0 Å². The molecule has 0 radical (unpaired) electrons. The van der Waals surface area contributed by atoms with Crippen molar-refractivity contribution in [1.29, 1.82) is 0 Å². The van der Waals surface area contributed by atoms with Crippen LogP contribution in [-0.4, -0.2) is 54.6 Å². The van der Waals surface area contributed by atoms with Crippen LogP contribution >= 0.6 is 24.0 Å². The molecule has 0 bridgehead atoms. The SMILES string of the molecule is CN=C(NCCOC)NCc1cc(OC)c(OC)c(OC)c1.I. The summed E-state index contributed by atoms with van der Waals surface area (Å²) in [5.74, 6) is 2.53. The summed E-state index contributed by atoms with van der Waals surface area (Å²) in [6.45, 7) is 1.87. The molecule has 1 rings (SSSR count). The Hall–Kier alpha value is -1.42. The maximum Gasteiger partial charge on any atom is 0.203 e. The molecule has 1 aromatic carbocycles. The average molecular weight is 439 g/mol. The van der Waals surface area contributed by atoms with Crippen LogP contribution in [0.1, 0.15) is 5.56 Å². The summed E-state index contributed by atoms with van der Waals surface area (Å²) < 4.78 is 21.0. The molecule has 0 saturated carbocycles. The zero-order chi connectivity index (χ0) is 16.4. The summed E-state index contributed by atoms with van der Waals surface area (Å²) in [6, 6.07) is 3.80. The van der Waals surface area contributed by atoms with Gasteiger partial charge < -0.3 is 29.6 Å². The van der Waals surface area contributed by atoms with E-state index in [1.807, 2.05) is 12.1 Å². The first kappa shape index (κ1) is 21.6. The van der Waals surface area contributed by atoms with E-state index in [0.717, 1.165) is 5.56 Å². The molecular formula is C15H26IN3O4. The van der Waals surface area contributed by atoms with E-state index in [9.17, 15) is 0 Å². The summed E-state index contributed by atoms with van der Waals surface area (Å²) in [4.78, 5) is 4.15. The van der Waals surface area contributed by atoms with Crippen LogP contribution in [0.3, 0.4) is 0 Å². The van der Waals surface area contributed by atoms with Crippen LogP contribution in [0.25, 0.3) is 0 Å². The topological polar surface area (TPSA) is 73.3 Å². The van der Waals surface area contributed by atoms with Gasteiger partial charge >= 0.3 is 0 Å². The first-order valence-electron chi connectivity index (χ1n) is 6.92. The third-order valence-electron chi connectivity index (χ3n) is 3.01. The van der Waals surface area contributed by atoms with Gasteiger partial charge in [-0.1, -0.05) is 0 Å². The molecular weight excluding hydrogens is 413 g/mol. The van der Waals surface area contributed by atoms with Gasteiger partial charge in [-0.15, -0.1) is 24.0 Å². The van der Waals surface area contributed by atoms with E-state index >= 15 is 0 Å². The fourth-order valence-electron chi connectivity index (χ4n) is 1.92. The first-order chi connectivity index (χ1) is 10.7. The number of hydrogen-bond donors (Lipinski definition) is 2. The molecule has 0 aromatic heterocycles. The van der Waals surface area contributed by atoms with Gasteiger partial charge in [-0.25, -0.2) is 0 Å². The van der Waals surface area contributed by atoms with E-state index in [1.165, 1.54) is 0 Å². The molecule has 2 N–H and O–H groups in total. The fraction of sp³-hybridized carbons (Fsp3) is 0.533. The number of aliphatic imine (C=N–C) groups is 1. The quantitative estimate of drug-likeness (QED) is 0.278. The zero-order valence-electron chi connectivity index (χ0n) is 14.3. The third-order valence-corrected chi connectivity index (χ3v) is 3.01. The molecule has 0 spiro atoms. The average Bonchev–Trinajstić information content (AvgIpc) is 2.56. The molecule has 0 aliphatic carbocycles. The molecule has 0 atom stereocenters. The van der Waals surface area contributed by atoms with Crippen molar-refractivity contribution < 1.29 is 18.9 Å². The standard InChI is InChI=1S/C15H25N3O4.HI/c1-16-15(17-6-7-19-2)18-10-11-8-12(20-3)14(22-5)13(9-11)21-4;/h8-9H,6-7,10H2,1-5H3,(H2,16,17,18);1H. The van der Waals surface area contributed by atoms with Crippen molar-refractivity contribution in [2.45, 2.75) is 6.54 Å². The molecule has 7 nitrogen and oxygen atoms in total. The van der Waals surface area contributed by atoms with Gasteiger partial charge in [-0.2, -0.15) is 0 Å². The van der Waals surface area contributed by atoms with Crippen molar-refractivity contribution in [3.63, 3.8) is 0 Å². The molecule has 8 heteroatoms. The third kappa shape index (κ3) is 6.69. The van der Waals surface area contributed by atoms with Crippen LogP contribution in [0.15, 0.2) is 17.1 Å². The molecule has 0 amide bonds. The Kier molecular flexibility index (Phi) is 11.3. The van der Waals surface area contributed by atoms with Gasteiger partial charge in [0, 0.05) is 27.2 Å². The highest BCUT2D eigenvalue weighted by Crippen LogP contribution is 2.38. The van der Waals surface area contributed by atoms with E-state index < -0.39 is 0 Å². The molecule has 0 fully saturated rings. The highest BCUT2D eigenvalue weighted by molar-refractivity contribution is 14.0. The van der Waals surface area contributed by atoms with Gasteiger partial charge in [0.15, 0.2) is 17.5 Å². The van der Waals surface area contributed by atoms with Crippen LogP contribution in [0.4, 0.5) is 0 Å². The van der Waals surface area contributed by atoms with E-state index in [1.54, 1.807) is 35.5 Å². The van der Waals surface area contributed by atoms with E-state index in [4.69, 9.17) is 18.9 Å². The monoisotopic (exact) mass is 439 g/mol. The Morgan fingerprint density at radius 1 is 1.00 bits per heavy atom. The van der Waals surface area contributed by atoms with Gasteiger partial charge in [0.1, 0.15) is 0 Å². The lowest BCUT2D eigenvalue weighted by Crippen LogP contribution is -2.38. The predicted molar refractivity (Wildman–Crippen MR) is 102 cm³/mol. The second-order valence-electron chi connectivity index (χ2n) is 4.38. The lowest BCUT2D eigenvalue weighted by molar-refractivity contribution is 0.203. The Morgan fingerprint density at radius 3 is 2.04 bits per heavy atom. The smallest absolute Gasteiger partial charge is 0.203 e. The molecule has 0 aliphatic heterocycles. The summed E-state index contributed by atoms with van der Waals surface area (Å²) in [6.07, 6.45) is 0. The normalized spacial score (nSPS) is 10.6. The number of nitrogens with zero attached hydrogens (tertiary/aromatic N) is 1. The largest absolute Gasteiger partial charge is 0.493 e. The highest BCUT2D eigenvalue weighted by Gasteiger charge is 2.13. The second-order valence-corrected chi connectivity index (χ2v) is 4.38. The Labute approximate surface area is 154 Å². The predicted octanol–water partition coefficient (Wildman–Crippen LogP) is 1.64. The zero-order valence-corrected chi connectivity index (χ0v) is 16.6. The number of halogens is 1. The molecule has 0 aliphatic rings. The van der Waals surface area contributed by atoms with Crippen molar-refractivity contribution in [2.75, 3.05) is 48.6 Å². The number of nitrogens with one attached hydrogen (secondary N) is 2. The van der Waals surface area contributed by atoms with Crippen LogP contribution in [-0.2, 0) is 11.3 Å². The van der Waals surface area contributed by atoms with Gasteiger partial charge in [0.25, 0.3) is 0 Å². The lowest BCUT2D eigenvalue weighted by Gasteiger charge is -2.15. The molecule has 132 valence electrons. The minimum Gasteiger partial charge on any atom is -0.493 e. The Balaban J connectivity index is 0.00000484. The van der Waals surface area contributed by atoms with E-state index in [-0.39, 0.29) is 24.0 Å². The molecule has 0 unspecified atom stereocenters. The molecule has 0 heterocycles. The maximum atomic E-state index is 5.34. The molecule has 23 heavy (non-hydrogen) atoms. The number of hydrogen-bond acceptors (Lipinski definition) is 5. The fourth-order valence-corrected chi connectivity index (χ4v) is 1.92. The van der Waals surface area contributed by atoms with Gasteiger partial charge in [-0.3, -0.25) is 4.99 Å². The number of guanidine groups is 1. The van der Waals surface area contributed by atoms with E-state index in [2.05, 4.69) is 15.6 Å². The van der Waals surface area contributed by atoms with E-state index in [0.29, 0.717) is 42.9 Å². The molecule has 0 saturated heterocycles. The van der Waals surface area contributed by atoms with Crippen molar-refractivity contribution in [1.82, 2.24) is 10.6 Å². The first-order valence-corrected chi connectivity index (χ1v) is 6.92. The van der Waals surface area contributed by atoms with Crippen LogP contribution < -0.4 is 24.8 Å². The van der Waals surface area contributed by atoms with Gasteiger partial charge in [0.2, 0.25) is 5.75 Å². The lowest BCUT2D eigenvalue weighted by atomic mass is 10.2. The summed E-state index contributed by atoms with van der Waals surface area (Å²) in [5.41, 5.74) is 0.990. The second kappa shape index (κ2) is 12.1. The van der Waals surface area contributed by atoms with Crippen LogP contribution in [0.5, 0.6) is 17.2 Å². The Bertz CT molecular complexity index is 473. The van der Waals surface area contributed by atoms with Crippen LogP contribution in [0.2, 0.25) is 0 Å². The van der Waals surface area contributed by atoms with Crippen molar-refractivity contribution in [3.8, 4) is 17.2 Å². The number of benzene rings is 1. The van der Waals surface area contributed by atoms with Gasteiger partial charge in [0.05, 0.1) is 27.9 Å². The van der Waals surface area contributed by atoms with Gasteiger partial charge in [-0.05, 0) is 17.7 Å². The minimum absolute atomic E-state index is 0.